The highest BCUT2D eigenvalue weighted by molar-refractivity contribution is 5.97. The summed E-state index contributed by atoms with van der Waals surface area (Å²) in [5, 5.41) is 9.17. The summed E-state index contributed by atoms with van der Waals surface area (Å²) >= 11 is 0. The third kappa shape index (κ3) is 3.64. The lowest BCUT2D eigenvalue weighted by molar-refractivity contribution is -0.141. The van der Waals surface area contributed by atoms with Crippen molar-refractivity contribution in [2.24, 2.45) is 0 Å². The first kappa shape index (κ1) is 15.8. The molecule has 2 saturated heterocycles. The number of carboxylic acid groups (broad SMARTS) is 1. The molecule has 6 heteroatoms. The molecule has 23 heavy (non-hydrogen) atoms. The van der Waals surface area contributed by atoms with E-state index in [0.717, 1.165) is 25.9 Å². The lowest BCUT2D eigenvalue weighted by atomic mass is 10.1. The highest BCUT2D eigenvalue weighted by Crippen LogP contribution is 2.22. The number of aliphatic carboxylic acids is 1. The molecule has 0 radical (unpaired) electrons. The molecule has 2 fully saturated rings. The molecule has 3 rings (SSSR count). The number of ether oxygens (including phenoxy) is 2. The molecule has 0 saturated carbocycles. The second kappa shape index (κ2) is 7.00. The molecule has 0 aromatic heterocycles. The first-order chi connectivity index (χ1) is 11.1. The Balaban J connectivity index is 1.59. The van der Waals surface area contributed by atoms with E-state index in [9.17, 15) is 14.7 Å². The minimum absolute atomic E-state index is 0.150. The van der Waals surface area contributed by atoms with Gasteiger partial charge in [0, 0.05) is 18.7 Å². The van der Waals surface area contributed by atoms with Gasteiger partial charge in [0.15, 0.2) is 0 Å². The minimum Gasteiger partial charge on any atom is -0.491 e. The van der Waals surface area contributed by atoms with Gasteiger partial charge in [0.2, 0.25) is 0 Å². The van der Waals surface area contributed by atoms with Crippen LogP contribution in [-0.2, 0) is 9.53 Å². The van der Waals surface area contributed by atoms with Crippen molar-refractivity contribution in [3.8, 4) is 5.75 Å². The van der Waals surface area contributed by atoms with E-state index in [0.29, 0.717) is 30.9 Å². The quantitative estimate of drug-likeness (QED) is 0.897. The Hall–Kier alpha value is -2.08. The number of likely N-dealkylation sites (tertiary alicyclic amines) is 1. The zero-order chi connectivity index (χ0) is 16.2. The van der Waals surface area contributed by atoms with E-state index in [1.807, 2.05) is 0 Å². The van der Waals surface area contributed by atoms with E-state index < -0.39 is 12.0 Å². The van der Waals surface area contributed by atoms with E-state index in [2.05, 4.69) is 0 Å². The SMILES string of the molecule is O=C(O)C1CCCN1C(=O)c1ccc(OCC2CCCO2)cc1. The average Bonchev–Trinajstić information content (AvgIpc) is 3.24. The summed E-state index contributed by atoms with van der Waals surface area (Å²) in [5.41, 5.74) is 0.489. The van der Waals surface area contributed by atoms with E-state index in [4.69, 9.17) is 9.47 Å². The number of carbonyl (C=O) groups is 2. The Morgan fingerprint density at radius 1 is 1.22 bits per heavy atom. The maximum atomic E-state index is 12.4. The molecule has 124 valence electrons. The van der Waals surface area contributed by atoms with Crippen LogP contribution < -0.4 is 4.74 Å². The lowest BCUT2D eigenvalue weighted by Crippen LogP contribution is -2.40. The van der Waals surface area contributed by atoms with Gasteiger partial charge in [-0.1, -0.05) is 0 Å². The average molecular weight is 319 g/mol. The van der Waals surface area contributed by atoms with Crippen LogP contribution in [-0.4, -0.2) is 53.8 Å². The Bertz CT molecular complexity index is 565. The van der Waals surface area contributed by atoms with Crippen LogP contribution in [0.1, 0.15) is 36.0 Å². The molecule has 2 unspecified atom stereocenters. The summed E-state index contributed by atoms with van der Waals surface area (Å²) in [6.07, 6.45) is 3.48. The van der Waals surface area contributed by atoms with Crippen molar-refractivity contribution >= 4 is 11.9 Å². The van der Waals surface area contributed by atoms with Crippen LogP contribution >= 0.6 is 0 Å². The zero-order valence-electron chi connectivity index (χ0n) is 12.9. The number of benzene rings is 1. The predicted octanol–water partition coefficient (Wildman–Crippen LogP) is 1.93. The first-order valence-corrected chi connectivity index (χ1v) is 8.03. The monoisotopic (exact) mass is 319 g/mol. The number of amides is 1. The van der Waals surface area contributed by atoms with Gasteiger partial charge in [-0.25, -0.2) is 4.79 Å². The second-order valence-electron chi connectivity index (χ2n) is 5.97. The number of hydrogen-bond donors (Lipinski definition) is 1. The fourth-order valence-corrected chi connectivity index (χ4v) is 3.09. The molecular weight excluding hydrogens is 298 g/mol. The molecule has 6 nitrogen and oxygen atoms in total. The zero-order valence-corrected chi connectivity index (χ0v) is 12.9. The lowest BCUT2D eigenvalue weighted by Gasteiger charge is -2.21. The van der Waals surface area contributed by atoms with Crippen LogP contribution in [0.3, 0.4) is 0 Å². The summed E-state index contributed by atoms with van der Waals surface area (Å²) in [5.74, 6) is -0.485. The Labute approximate surface area is 135 Å². The minimum atomic E-state index is -0.938. The van der Waals surface area contributed by atoms with E-state index in [1.54, 1.807) is 24.3 Å². The van der Waals surface area contributed by atoms with Crippen LogP contribution in [0.25, 0.3) is 0 Å². The molecule has 1 amide bonds. The Morgan fingerprint density at radius 2 is 2.00 bits per heavy atom. The number of carbonyl (C=O) groups excluding carboxylic acids is 1. The van der Waals surface area contributed by atoms with Crippen molar-refractivity contribution in [1.29, 1.82) is 0 Å². The molecule has 0 spiro atoms. The van der Waals surface area contributed by atoms with Crippen molar-refractivity contribution in [2.75, 3.05) is 19.8 Å². The maximum Gasteiger partial charge on any atom is 0.326 e. The van der Waals surface area contributed by atoms with Crippen LogP contribution in [0.2, 0.25) is 0 Å². The largest absolute Gasteiger partial charge is 0.491 e. The van der Waals surface area contributed by atoms with Gasteiger partial charge in [0.1, 0.15) is 18.4 Å². The number of hydrogen-bond acceptors (Lipinski definition) is 4. The third-order valence-electron chi connectivity index (χ3n) is 4.36. The van der Waals surface area contributed by atoms with Crippen molar-refractivity contribution < 1.29 is 24.2 Å². The van der Waals surface area contributed by atoms with Crippen LogP contribution in [0.4, 0.5) is 0 Å². The highest BCUT2D eigenvalue weighted by Gasteiger charge is 2.34. The summed E-state index contributed by atoms with van der Waals surface area (Å²) < 4.78 is 11.2. The summed E-state index contributed by atoms with van der Waals surface area (Å²) in [7, 11) is 0. The van der Waals surface area contributed by atoms with Crippen molar-refractivity contribution in [1.82, 2.24) is 4.90 Å². The second-order valence-corrected chi connectivity index (χ2v) is 5.97. The van der Waals surface area contributed by atoms with Gasteiger partial charge in [-0.2, -0.15) is 0 Å². The topological polar surface area (TPSA) is 76.1 Å². The third-order valence-corrected chi connectivity index (χ3v) is 4.36. The van der Waals surface area contributed by atoms with Gasteiger partial charge in [0.05, 0.1) is 6.10 Å². The Morgan fingerprint density at radius 3 is 2.65 bits per heavy atom. The van der Waals surface area contributed by atoms with Crippen molar-refractivity contribution in [2.45, 2.75) is 37.8 Å². The van der Waals surface area contributed by atoms with Gasteiger partial charge in [-0.05, 0) is 49.9 Å². The van der Waals surface area contributed by atoms with Crippen LogP contribution in [0, 0.1) is 0 Å². The van der Waals surface area contributed by atoms with E-state index in [1.165, 1.54) is 4.90 Å². The van der Waals surface area contributed by atoms with Gasteiger partial charge in [-0.15, -0.1) is 0 Å². The summed E-state index contributed by atoms with van der Waals surface area (Å²) in [4.78, 5) is 25.1. The molecule has 0 bridgehead atoms. The summed E-state index contributed by atoms with van der Waals surface area (Å²) in [6.45, 7) is 1.80. The molecule has 1 aromatic rings. The molecule has 2 aliphatic rings. The molecule has 1 N–H and O–H groups in total. The van der Waals surface area contributed by atoms with Crippen LogP contribution in [0.15, 0.2) is 24.3 Å². The normalized spacial score (nSPS) is 23.9. The Kier molecular flexibility index (Phi) is 4.81. The van der Waals surface area contributed by atoms with E-state index >= 15 is 0 Å². The maximum absolute atomic E-state index is 12.4. The first-order valence-electron chi connectivity index (χ1n) is 8.03. The van der Waals surface area contributed by atoms with Crippen molar-refractivity contribution in [3.05, 3.63) is 29.8 Å². The summed E-state index contributed by atoms with van der Waals surface area (Å²) in [6, 6.07) is 6.15. The molecule has 0 aliphatic carbocycles. The number of carboxylic acids is 1. The van der Waals surface area contributed by atoms with Gasteiger partial charge >= 0.3 is 5.97 Å². The molecular formula is C17H21NO5. The number of rotatable bonds is 5. The highest BCUT2D eigenvalue weighted by atomic mass is 16.5. The van der Waals surface area contributed by atoms with Crippen molar-refractivity contribution in [3.63, 3.8) is 0 Å². The fourth-order valence-electron chi connectivity index (χ4n) is 3.09. The van der Waals surface area contributed by atoms with Gasteiger partial charge in [-0.3, -0.25) is 4.79 Å². The van der Waals surface area contributed by atoms with Gasteiger partial charge < -0.3 is 19.5 Å². The van der Waals surface area contributed by atoms with E-state index in [-0.39, 0.29) is 12.0 Å². The predicted molar refractivity (Wildman–Crippen MR) is 82.6 cm³/mol. The molecule has 1 aromatic carbocycles. The number of nitrogens with zero attached hydrogens (tertiary/aromatic N) is 1. The van der Waals surface area contributed by atoms with Crippen LogP contribution in [0.5, 0.6) is 5.75 Å². The fraction of sp³-hybridized carbons (Fsp3) is 0.529. The molecule has 2 heterocycles. The standard InChI is InChI=1S/C17H21NO5/c19-16(18-9-1-4-15(18)17(20)21)12-5-7-13(8-6-12)23-11-14-3-2-10-22-14/h5-8,14-15H,1-4,9-11H2,(H,20,21). The smallest absolute Gasteiger partial charge is 0.326 e. The van der Waals surface area contributed by atoms with Gasteiger partial charge in [0.25, 0.3) is 5.91 Å². The molecule has 2 aliphatic heterocycles. The molecule has 2 atom stereocenters.